The molecular formula is C23H24F3N5O4. The summed E-state index contributed by atoms with van der Waals surface area (Å²) >= 11 is 0. The van der Waals surface area contributed by atoms with Gasteiger partial charge < -0.3 is 19.7 Å². The molecule has 12 heteroatoms. The van der Waals surface area contributed by atoms with Gasteiger partial charge in [0.05, 0.1) is 37.7 Å². The number of nitrogens with one attached hydrogen (secondary N) is 1. The first-order chi connectivity index (χ1) is 16.7. The van der Waals surface area contributed by atoms with Crippen LogP contribution in [0.3, 0.4) is 0 Å². The molecule has 0 aliphatic heterocycles. The number of amides is 2. The van der Waals surface area contributed by atoms with Gasteiger partial charge in [0.1, 0.15) is 19.0 Å². The van der Waals surface area contributed by atoms with Crippen molar-refractivity contribution in [3.8, 4) is 11.6 Å². The van der Waals surface area contributed by atoms with Crippen molar-refractivity contribution in [2.24, 2.45) is 0 Å². The Morgan fingerprint density at radius 1 is 1.09 bits per heavy atom. The van der Waals surface area contributed by atoms with Crippen LogP contribution in [0.15, 0.2) is 42.9 Å². The van der Waals surface area contributed by atoms with E-state index in [1.54, 1.807) is 13.0 Å². The second-order valence-corrected chi connectivity index (χ2v) is 7.61. The minimum Gasteiger partial charge on any atom is -0.490 e. The third kappa shape index (κ3) is 7.73. The van der Waals surface area contributed by atoms with Gasteiger partial charge in [-0.3, -0.25) is 14.3 Å². The van der Waals surface area contributed by atoms with Crippen LogP contribution in [-0.4, -0.2) is 58.3 Å². The van der Waals surface area contributed by atoms with E-state index in [0.717, 1.165) is 11.8 Å². The molecule has 1 aromatic carbocycles. The van der Waals surface area contributed by atoms with Crippen molar-refractivity contribution in [1.82, 2.24) is 19.7 Å². The highest BCUT2D eigenvalue weighted by molar-refractivity contribution is 5.90. The zero-order chi connectivity index (χ0) is 25.4. The molecule has 3 rings (SSSR count). The number of carbonyl (C=O) groups is 2. The maximum atomic E-state index is 13.8. The summed E-state index contributed by atoms with van der Waals surface area (Å²) < 4.78 is 51.9. The van der Waals surface area contributed by atoms with Crippen LogP contribution < -0.4 is 14.8 Å². The van der Waals surface area contributed by atoms with E-state index in [2.05, 4.69) is 15.4 Å². The average Bonchev–Trinajstić information content (AvgIpc) is 3.23. The highest BCUT2D eigenvalue weighted by Crippen LogP contribution is 2.18. The number of anilines is 1. The van der Waals surface area contributed by atoms with Gasteiger partial charge in [-0.25, -0.2) is 18.2 Å². The molecule has 0 aliphatic rings. The number of hydrogen-bond acceptors (Lipinski definition) is 6. The van der Waals surface area contributed by atoms with E-state index in [0.29, 0.717) is 11.8 Å². The summed E-state index contributed by atoms with van der Waals surface area (Å²) in [4.78, 5) is 29.3. The van der Waals surface area contributed by atoms with Crippen molar-refractivity contribution in [2.75, 3.05) is 32.1 Å². The molecule has 35 heavy (non-hydrogen) atoms. The number of aromatic nitrogens is 3. The van der Waals surface area contributed by atoms with Crippen molar-refractivity contribution in [2.45, 2.75) is 19.9 Å². The highest BCUT2D eigenvalue weighted by Gasteiger charge is 2.13. The van der Waals surface area contributed by atoms with E-state index in [9.17, 15) is 22.8 Å². The minimum atomic E-state index is -0.932. The Kier molecular flexibility index (Phi) is 8.65. The number of halogens is 3. The summed E-state index contributed by atoms with van der Waals surface area (Å²) in [6, 6.07) is 5.21. The molecule has 2 aromatic heterocycles. The van der Waals surface area contributed by atoms with Crippen molar-refractivity contribution < 1.29 is 32.2 Å². The van der Waals surface area contributed by atoms with Gasteiger partial charge in [-0.15, -0.1) is 0 Å². The lowest BCUT2D eigenvalue weighted by molar-refractivity contribution is -0.131. The molecule has 0 saturated heterocycles. The van der Waals surface area contributed by atoms with Gasteiger partial charge in [0.15, 0.2) is 17.4 Å². The molecule has 2 heterocycles. The first-order valence-corrected chi connectivity index (χ1v) is 10.6. The first-order valence-electron chi connectivity index (χ1n) is 10.6. The molecule has 3 aromatic rings. The quantitative estimate of drug-likeness (QED) is 0.443. The molecule has 2 amide bonds. The number of pyridine rings is 1. The molecule has 0 atom stereocenters. The number of hydrogen-bond donors (Lipinski definition) is 1. The number of aryl methyl sites for hydroxylation is 1. The number of rotatable bonds is 11. The third-order valence-corrected chi connectivity index (χ3v) is 4.75. The molecule has 0 saturated carbocycles. The molecular weight excluding hydrogens is 467 g/mol. The standard InChI is InChI=1S/C23H24F3N5O4/c1-15-3-4-20(18(25)9-15)34-7-5-21(32)29-17-12-28-31(13-17)14-22(33)30(2)6-8-35-23-19(26)10-16(24)11-27-23/h3-4,9-13H,5-8,14H2,1-2H3,(H,29,32). The topological polar surface area (TPSA) is 98.6 Å². The third-order valence-electron chi connectivity index (χ3n) is 4.75. The Morgan fingerprint density at radius 2 is 1.89 bits per heavy atom. The zero-order valence-corrected chi connectivity index (χ0v) is 19.1. The van der Waals surface area contributed by atoms with E-state index < -0.39 is 17.5 Å². The predicted molar refractivity (Wildman–Crippen MR) is 119 cm³/mol. The Bertz CT molecular complexity index is 1190. The Balaban J connectivity index is 1.38. The molecule has 0 radical (unpaired) electrons. The first kappa shape index (κ1) is 25.5. The normalized spacial score (nSPS) is 10.7. The second kappa shape index (κ2) is 11.9. The number of nitrogens with zero attached hydrogens (tertiary/aromatic N) is 4. The van der Waals surface area contributed by atoms with E-state index >= 15 is 0 Å². The monoisotopic (exact) mass is 491 g/mol. The summed E-state index contributed by atoms with van der Waals surface area (Å²) in [5.74, 6) is -3.19. The van der Waals surface area contributed by atoms with Crippen LogP contribution in [0.2, 0.25) is 0 Å². The van der Waals surface area contributed by atoms with Crippen LogP contribution in [0, 0.1) is 24.4 Å². The van der Waals surface area contributed by atoms with E-state index in [1.807, 2.05) is 0 Å². The van der Waals surface area contributed by atoms with Gasteiger partial charge in [-0.05, 0) is 24.6 Å². The molecule has 1 N–H and O–H groups in total. The predicted octanol–water partition coefficient (Wildman–Crippen LogP) is 2.95. The van der Waals surface area contributed by atoms with Crippen molar-refractivity contribution in [3.05, 3.63) is 65.9 Å². The molecule has 0 bridgehead atoms. The molecule has 0 spiro atoms. The molecule has 0 aliphatic carbocycles. The molecule has 186 valence electrons. The SMILES string of the molecule is Cc1ccc(OCCC(=O)Nc2cnn(CC(=O)N(C)CCOc3ncc(F)cc3F)c2)c(F)c1. The van der Waals surface area contributed by atoms with E-state index in [4.69, 9.17) is 9.47 Å². The summed E-state index contributed by atoms with van der Waals surface area (Å²) in [7, 11) is 1.53. The second-order valence-electron chi connectivity index (χ2n) is 7.61. The fraction of sp³-hybridized carbons (Fsp3) is 0.304. The minimum absolute atomic E-state index is 0.0102. The smallest absolute Gasteiger partial charge is 0.250 e. The number of carbonyl (C=O) groups excluding carboxylic acids is 2. The van der Waals surface area contributed by atoms with Crippen LogP contribution >= 0.6 is 0 Å². The largest absolute Gasteiger partial charge is 0.490 e. The molecule has 0 unspecified atom stereocenters. The Morgan fingerprint density at radius 3 is 2.63 bits per heavy atom. The summed E-state index contributed by atoms with van der Waals surface area (Å²) in [6.07, 6.45) is 3.69. The van der Waals surface area contributed by atoms with E-state index in [-0.39, 0.29) is 56.2 Å². The van der Waals surface area contributed by atoms with E-state index in [1.165, 1.54) is 41.2 Å². The van der Waals surface area contributed by atoms with Crippen molar-refractivity contribution in [1.29, 1.82) is 0 Å². The van der Waals surface area contributed by atoms with Gasteiger partial charge >= 0.3 is 0 Å². The maximum absolute atomic E-state index is 13.8. The van der Waals surface area contributed by atoms with Crippen LogP contribution in [0.5, 0.6) is 11.6 Å². The highest BCUT2D eigenvalue weighted by atomic mass is 19.1. The summed E-state index contributed by atoms with van der Waals surface area (Å²) in [6.45, 7) is 1.72. The van der Waals surface area contributed by atoms with Crippen molar-refractivity contribution in [3.63, 3.8) is 0 Å². The lowest BCUT2D eigenvalue weighted by atomic mass is 10.2. The number of ether oxygens (including phenoxy) is 2. The number of benzene rings is 1. The van der Waals surface area contributed by atoms with Crippen LogP contribution in [0.25, 0.3) is 0 Å². The lowest BCUT2D eigenvalue weighted by Gasteiger charge is -2.17. The van der Waals surface area contributed by atoms with Gasteiger partial charge in [0.25, 0.3) is 5.88 Å². The fourth-order valence-corrected chi connectivity index (χ4v) is 2.89. The maximum Gasteiger partial charge on any atom is 0.250 e. The van der Waals surface area contributed by atoms with Gasteiger partial charge in [-0.2, -0.15) is 5.10 Å². The fourth-order valence-electron chi connectivity index (χ4n) is 2.89. The van der Waals surface area contributed by atoms with Gasteiger partial charge in [0.2, 0.25) is 11.8 Å². The Hall–Kier alpha value is -4.09. The summed E-state index contributed by atoms with van der Waals surface area (Å²) in [5, 5.41) is 6.66. The molecule has 0 fully saturated rings. The molecule has 9 nitrogen and oxygen atoms in total. The summed E-state index contributed by atoms with van der Waals surface area (Å²) in [5.41, 5.74) is 1.15. The van der Waals surface area contributed by atoms with Crippen molar-refractivity contribution >= 4 is 17.5 Å². The van der Waals surface area contributed by atoms with Crippen LogP contribution in [-0.2, 0) is 16.1 Å². The zero-order valence-electron chi connectivity index (χ0n) is 19.1. The number of likely N-dealkylation sites (N-methyl/N-ethyl adjacent to an activating group) is 1. The van der Waals surface area contributed by atoms with Gasteiger partial charge in [0, 0.05) is 19.3 Å². The lowest BCUT2D eigenvalue weighted by Crippen LogP contribution is -2.33. The van der Waals surface area contributed by atoms with Crippen LogP contribution in [0.1, 0.15) is 12.0 Å². The Labute approximate surface area is 199 Å². The van der Waals surface area contributed by atoms with Gasteiger partial charge in [-0.1, -0.05) is 6.07 Å². The average molecular weight is 491 g/mol. The van der Waals surface area contributed by atoms with Crippen LogP contribution in [0.4, 0.5) is 18.9 Å².